The van der Waals surface area contributed by atoms with Crippen LogP contribution < -0.4 is 0 Å². The van der Waals surface area contributed by atoms with Gasteiger partial charge in [0.2, 0.25) is 0 Å². The predicted octanol–water partition coefficient (Wildman–Crippen LogP) is 3.52. The molecular weight excluding hydrogens is 176 g/mol. The fourth-order valence-electron chi connectivity index (χ4n) is 1.36. The second-order valence-electron chi connectivity index (χ2n) is 3.27. The Balaban J connectivity index is 3.34. The van der Waals surface area contributed by atoms with Crippen molar-refractivity contribution >= 4 is 0 Å². The van der Waals surface area contributed by atoms with Crippen LogP contribution in [0.3, 0.4) is 0 Å². The van der Waals surface area contributed by atoms with Crippen LogP contribution >= 0.6 is 0 Å². The molecule has 0 spiro atoms. The third-order valence-corrected chi connectivity index (χ3v) is 2.05. The SMILES string of the molecule is C=CCCCCCC(OCC)OCC. The van der Waals surface area contributed by atoms with E-state index in [4.69, 9.17) is 9.47 Å². The van der Waals surface area contributed by atoms with E-state index in [0.717, 1.165) is 26.1 Å². The molecule has 14 heavy (non-hydrogen) atoms. The first-order valence-corrected chi connectivity index (χ1v) is 5.69. The summed E-state index contributed by atoms with van der Waals surface area (Å²) in [4.78, 5) is 0. The molecule has 0 aromatic rings. The number of hydrogen-bond acceptors (Lipinski definition) is 2. The molecule has 0 aliphatic heterocycles. The maximum Gasteiger partial charge on any atom is 0.157 e. The van der Waals surface area contributed by atoms with Crippen LogP contribution in [0.2, 0.25) is 0 Å². The Labute approximate surface area is 88.3 Å². The second-order valence-corrected chi connectivity index (χ2v) is 3.27. The molecule has 0 aliphatic carbocycles. The highest BCUT2D eigenvalue weighted by molar-refractivity contribution is 4.65. The molecule has 0 heterocycles. The van der Waals surface area contributed by atoms with Crippen LogP contribution in [0.5, 0.6) is 0 Å². The normalized spacial score (nSPS) is 10.8. The van der Waals surface area contributed by atoms with Crippen LogP contribution in [0.1, 0.15) is 46.0 Å². The Morgan fingerprint density at radius 2 is 1.71 bits per heavy atom. The molecular formula is C12H24O2. The molecule has 84 valence electrons. The van der Waals surface area contributed by atoms with Crippen LogP contribution in [0.25, 0.3) is 0 Å². The Hall–Kier alpha value is -0.340. The van der Waals surface area contributed by atoms with Crippen molar-refractivity contribution in [2.24, 2.45) is 0 Å². The van der Waals surface area contributed by atoms with E-state index in [1.807, 2.05) is 19.9 Å². The maximum atomic E-state index is 5.45. The summed E-state index contributed by atoms with van der Waals surface area (Å²) < 4.78 is 10.9. The zero-order valence-electron chi connectivity index (χ0n) is 9.63. The summed E-state index contributed by atoms with van der Waals surface area (Å²) in [6.07, 6.45) is 7.76. The molecule has 0 unspecified atom stereocenters. The molecule has 2 heteroatoms. The standard InChI is InChI=1S/C12H24O2/c1-4-7-8-9-10-11-12(13-5-2)14-6-3/h4,12H,1,5-11H2,2-3H3. The van der Waals surface area contributed by atoms with E-state index in [-0.39, 0.29) is 6.29 Å². The molecule has 0 N–H and O–H groups in total. The zero-order valence-corrected chi connectivity index (χ0v) is 9.63. The summed E-state index contributed by atoms with van der Waals surface area (Å²) in [5, 5.41) is 0. The van der Waals surface area contributed by atoms with E-state index < -0.39 is 0 Å². The minimum atomic E-state index is 0.00808. The van der Waals surface area contributed by atoms with Crippen molar-refractivity contribution in [3.8, 4) is 0 Å². The van der Waals surface area contributed by atoms with Gasteiger partial charge >= 0.3 is 0 Å². The van der Waals surface area contributed by atoms with Crippen molar-refractivity contribution in [3.63, 3.8) is 0 Å². The molecule has 0 atom stereocenters. The van der Waals surface area contributed by atoms with Gasteiger partial charge in [0.1, 0.15) is 0 Å². The highest BCUT2D eigenvalue weighted by Gasteiger charge is 2.06. The van der Waals surface area contributed by atoms with Gasteiger partial charge in [0, 0.05) is 13.2 Å². The van der Waals surface area contributed by atoms with Crippen molar-refractivity contribution < 1.29 is 9.47 Å². The van der Waals surface area contributed by atoms with E-state index in [1.54, 1.807) is 0 Å². The second kappa shape index (κ2) is 10.7. The average Bonchev–Trinajstić information content (AvgIpc) is 2.18. The van der Waals surface area contributed by atoms with Crippen molar-refractivity contribution in [2.75, 3.05) is 13.2 Å². The first-order valence-electron chi connectivity index (χ1n) is 5.69. The summed E-state index contributed by atoms with van der Waals surface area (Å²) in [6, 6.07) is 0. The Morgan fingerprint density at radius 3 is 2.21 bits per heavy atom. The van der Waals surface area contributed by atoms with Gasteiger partial charge in [-0.15, -0.1) is 6.58 Å². The Morgan fingerprint density at radius 1 is 1.07 bits per heavy atom. The average molecular weight is 200 g/mol. The van der Waals surface area contributed by atoms with E-state index in [0.29, 0.717) is 0 Å². The van der Waals surface area contributed by atoms with Crippen molar-refractivity contribution in [3.05, 3.63) is 12.7 Å². The van der Waals surface area contributed by atoms with Gasteiger partial charge in [-0.1, -0.05) is 12.5 Å². The lowest BCUT2D eigenvalue weighted by atomic mass is 10.1. The molecule has 0 aromatic heterocycles. The van der Waals surface area contributed by atoms with E-state index in [9.17, 15) is 0 Å². The monoisotopic (exact) mass is 200 g/mol. The molecule has 0 amide bonds. The largest absolute Gasteiger partial charge is 0.353 e. The maximum absolute atomic E-state index is 5.45. The number of unbranched alkanes of at least 4 members (excludes halogenated alkanes) is 3. The summed E-state index contributed by atoms with van der Waals surface area (Å²) >= 11 is 0. The van der Waals surface area contributed by atoms with Crippen molar-refractivity contribution in [1.82, 2.24) is 0 Å². The predicted molar refractivity (Wildman–Crippen MR) is 60.3 cm³/mol. The summed E-state index contributed by atoms with van der Waals surface area (Å²) in [5.74, 6) is 0. The summed E-state index contributed by atoms with van der Waals surface area (Å²) in [7, 11) is 0. The van der Waals surface area contributed by atoms with Gasteiger partial charge < -0.3 is 9.47 Å². The highest BCUT2D eigenvalue weighted by atomic mass is 16.7. The minimum absolute atomic E-state index is 0.00808. The fourth-order valence-corrected chi connectivity index (χ4v) is 1.36. The van der Waals surface area contributed by atoms with Crippen LogP contribution in [0.15, 0.2) is 12.7 Å². The van der Waals surface area contributed by atoms with Crippen LogP contribution in [-0.2, 0) is 9.47 Å². The lowest BCUT2D eigenvalue weighted by Crippen LogP contribution is -2.17. The zero-order chi connectivity index (χ0) is 10.6. The molecule has 0 rings (SSSR count). The number of ether oxygens (including phenoxy) is 2. The van der Waals surface area contributed by atoms with Crippen molar-refractivity contribution in [2.45, 2.75) is 52.2 Å². The topological polar surface area (TPSA) is 18.5 Å². The molecule has 0 fully saturated rings. The van der Waals surface area contributed by atoms with Gasteiger partial charge in [-0.2, -0.15) is 0 Å². The van der Waals surface area contributed by atoms with E-state index in [2.05, 4.69) is 6.58 Å². The van der Waals surface area contributed by atoms with Gasteiger partial charge in [-0.3, -0.25) is 0 Å². The van der Waals surface area contributed by atoms with Crippen LogP contribution in [0, 0.1) is 0 Å². The first-order chi connectivity index (χ1) is 6.85. The molecule has 0 aliphatic rings. The van der Waals surface area contributed by atoms with Crippen LogP contribution in [0.4, 0.5) is 0 Å². The first kappa shape index (κ1) is 13.7. The molecule has 0 bridgehead atoms. The smallest absolute Gasteiger partial charge is 0.157 e. The van der Waals surface area contributed by atoms with Crippen LogP contribution in [-0.4, -0.2) is 19.5 Å². The lowest BCUT2D eigenvalue weighted by Gasteiger charge is -2.16. The minimum Gasteiger partial charge on any atom is -0.353 e. The number of hydrogen-bond donors (Lipinski definition) is 0. The molecule has 0 saturated heterocycles. The van der Waals surface area contributed by atoms with E-state index >= 15 is 0 Å². The van der Waals surface area contributed by atoms with Gasteiger partial charge in [0.25, 0.3) is 0 Å². The van der Waals surface area contributed by atoms with E-state index in [1.165, 1.54) is 19.3 Å². The van der Waals surface area contributed by atoms with Gasteiger partial charge in [-0.25, -0.2) is 0 Å². The summed E-state index contributed by atoms with van der Waals surface area (Å²) in [6.45, 7) is 9.18. The highest BCUT2D eigenvalue weighted by Crippen LogP contribution is 2.09. The Kier molecular flexibility index (Phi) is 10.5. The molecule has 0 radical (unpaired) electrons. The number of allylic oxidation sites excluding steroid dienone is 1. The van der Waals surface area contributed by atoms with Crippen molar-refractivity contribution in [1.29, 1.82) is 0 Å². The van der Waals surface area contributed by atoms with Gasteiger partial charge in [0.05, 0.1) is 0 Å². The quantitative estimate of drug-likeness (QED) is 0.305. The third kappa shape index (κ3) is 8.27. The number of rotatable bonds is 10. The fraction of sp³-hybridized carbons (Fsp3) is 0.833. The Bertz CT molecular complexity index is 117. The third-order valence-electron chi connectivity index (χ3n) is 2.05. The van der Waals surface area contributed by atoms with Gasteiger partial charge in [-0.05, 0) is 39.5 Å². The molecule has 2 nitrogen and oxygen atoms in total. The summed E-state index contributed by atoms with van der Waals surface area (Å²) in [5.41, 5.74) is 0. The molecule has 0 aromatic carbocycles. The lowest BCUT2D eigenvalue weighted by molar-refractivity contribution is -0.140. The molecule has 0 saturated carbocycles. The van der Waals surface area contributed by atoms with Gasteiger partial charge in [0.15, 0.2) is 6.29 Å².